The summed E-state index contributed by atoms with van der Waals surface area (Å²) in [5.41, 5.74) is -0.110. The molecule has 1 aliphatic heterocycles. The first-order valence-electron chi connectivity index (χ1n) is 7.01. The van der Waals surface area contributed by atoms with Crippen molar-refractivity contribution >= 4 is 11.9 Å². The lowest BCUT2D eigenvalue weighted by Crippen LogP contribution is -2.46. The molecule has 1 fully saturated rings. The van der Waals surface area contributed by atoms with E-state index in [0.717, 1.165) is 6.42 Å². The van der Waals surface area contributed by atoms with Crippen LogP contribution in [-0.2, 0) is 11.8 Å². The number of aryl methyl sites for hydroxylation is 1. The number of amides is 1. The SMILES string of the molecule is CCCC1(C(=O)O)CCN(C(=O)c2ccnn2C)CC1. The van der Waals surface area contributed by atoms with Gasteiger partial charge in [0.15, 0.2) is 0 Å². The van der Waals surface area contributed by atoms with E-state index in [2.05, 4.69) is 5.10 Å². The van der Waals surface area contributed by atoms with Crippen molar-refractivity contribution < 1.29 is 14.7 Å². The van der Waals surface area contributed by atoms with Crippen LogP contribution >= 0.6 is 0 Å². The maximum Gasteiger partial charge on any atom is 0.309 e. The molecule has 0 spiro atoms. The van der Waals surface area contributed by atoms with Crippen molar-refractivity contribution in [2.45, 2.75) is 32.6 Å². The van der Waals surface area contributed by atoms with Crippen molar-refractivity contribution in [3.8, 4) is 0 Å². The van der Waals surface area contributed by atoms with Crippen molar-refractivity contribution in [3.63, 3.8) is 0 Å². The summed E-state index contributed by atoms with van der Waals surface area (Å²) in [7, 11) is 1.73. The Kier molecular flexibility index (Phi) is 4.11. The minimum atomic E-state index is -0.730. The number of carboxylic acid groups (broad SMARTS) is 1. The fraction of sp³-hybridized carbons (Fsp3) is 0.643. The van der Waals surface area contributed by atoms with Crippen molar-refractivity contribution in [1.82, 2.24) is 14.7 Å². The number of carboxylic acids is 1. The van der Waals surface area contributed by atoms with Gasteiger partial charge in [0.25, 0.3) is 5.91 Å². The lowest BCUT2D eigenvalue weighted by Gasteiger charge is -2.38. The predicted octanol–water partition coefficient (Wildman–Crippen LogP) is 1.53. The molecule has 1 N–H and O–H groups in total. The van der Waals surface area contributed by atoms with Gasteiger partial charge in [0.2, 0.25) is 0 Å². The number of piperidine rings is 1. The van der Waals surface area contributed by atoms with Gasteiger partial charge in [-0.05, 0) is 25.3 Å². The first kappa shape index (κ1) is 14.6. The topological polar surface area (TPSA) is 75.4 Å². The molecular weight excluding hydrogens is 258 g/mol. The summed E-state index contributed by atoms with van der Waals surface area (Å²) >= 11 is 0. The Morgan fingerprint density at radius 1 is 1.40 bits per heavy atom. The summed E-state index contributed by atoms with van der Waals surface area (Å²) in [5, 5.41) is 13.4. The van der Waals surface area contributed by atoms with Crippen LogP contribution in [0.5, 0.6) is 0 Å². The molecule has 0 bridgehead atoms. The van der Waals surface area contributed by atoms with Gasteiger partial charge in [-0.3, -0.25) is 14.3 Å². The van der Waals surface area contributed by atoms with Gasteiger partial charge in [-0.2, -0.15) is 5.10 Å². The third-order valence-electron chi connectivity index (χ3n) is 4.23. The Hall–Kier alpha value is -1.85. The van der Waals surface area contributed by atoms with Crippen LogP contribution in [0.25, 0.3) is 0 Å². The maximum absolute atomic E-state index is 12.3. The molecule has 20 heavy (non-hydrogen) atoms. The van der Waals surface area contributed by atoms with Crippen LogP contribution in [-0.4, -0.2) is 44.8 Å². The van der Waals surface area contributed by atoms with Gasteiger partial charge >= 0.3 is 5.97 Å². The predicted molar refractivity (Wildman–Crippen MR) is 73.3 cm³/mol. The largest absolute Gasteiger partial charge is 0.481 e. The lowest BCUT2D eigenvalue weighted by atomic mass is 9.75. The molecule has 1 saturated heterocycles. The monoisotopic (exact) mass is 279 g/mol. The molecule has 2 heterocycles. The molecule has 1 amide bonds. The molecule has 1 aromatic heterocycles. The van der Waals surface area contributed by atoms with Gasteiger partial charge in [0.05, 0.1) is 5.41 Å². The van der Waals surface area contributed by atoms with E-state index in [0.29, 0.717) is 38.0 Å². The van der Waals surface area contributed by atoms with Crippen molar-refractivity contribution in [1.29, 1.82) is 0 Å². The van der Waals surface area contributed by atoms with E-state index in [1.165, 1.54) is 0 Å². The number of aliphatic carboxylic acids is 1. The van der Waals surface area contributed by atoms with Gasteiger partial charge < -0.3 is 10.0 Å². The second-order valence-corrected chi connectivity index (χ2v) is 5.47. The van der Waals surface area contributed by atoms with Crippen LogP contribution in [0.1, 0.15) is 43.1 Å². The van der Waals surface area contributed by atoms with E-state index in [1.54, 1.807) is 28.9 Å². The number of carbonyl (C=O) groups is 2. The van der Waals surface area contributed by atoms with Crippen LogP contribution in [0, 0.1) is 5.41 Å². The normalized spacial score (nSPS) is 18.0. The highest BCUT2D eigenvalue weighted by Crippen LogP contribution is 2.36. The first-order valence-corrected chi connectivity index (χ1v) is 7.01. The standard InChI is InChI=1S/C14H21N3O3/c1-3-5-14(13(19)20)6-9-17(10-7-14)12(18)11-4-8-15-16(11)2/h4,8H,3,5-7,9-10H2,1-2H3,(H,19,20). The van der Waals surface area contributed by atoms with Crippen molar-refractivity contribution in [2.75, 3.05) is 13.1 Å². The Balaban J connectivity index is 2.05. The summed E-state index contributed by atoms with van der Waals surface area (Å²) in [6.07, 6.45) is 4.17. The number of carbonyl (C=O) groups excluding carboxylic acids is 1. The van der Waals surface area contributed by atoms with Crippen molar-refractivity contribution in [3.05, 3.63) is 18.0 Å². The minimum absolute atomic E-state index is 0.0690. The Labute approximate surface area is 118 Å². The summed E-state index contributed by atoms with van der Waals surface area (Å²) in [6, 6.07) is 1.69. The minimum Gasteiger partial charge on any atom is -0.481 e. The van der Waals surface area contributed by atoms with E-state index in [-0.39, 0.29) is 5.91 Å². The molecule has 0 atom stereocenters. The highest BCUT2D eigenvalue weighted by atomic mass is 16.4. The van der Waals surface area contributed by atoms with Gasteiger partial charge in [-0.25, -0.2) is 0 Å². The molecule has 0 radical (unpaired) electrons. The van der Waals surface area contributed by atoms with E-state index < -0.39 is 11.4 Å². The average Bonchev–Trinajstić information content (AvgIpc) is 2.85. The van der Waals surface area contributed by atoms with Gasteiger partial charge in [0, 0.05) is 26.3 Å². The highest BCUT2D eigenvalue weighted by molar-refractivity contribution is 5.92. The zero-order chi connectivity index (χ0) is 14.8. The number of aromatic nitrogens is 2. The van der Waals surface area contributed by atoms with Crippen LogP contribution in [0.2, 0.25) is 0 Å². The zero-order valence-electron chi connectivity index (χ0n) is 12.0. The summed E-state index contributed by atoms with van der Waals surface area (Å²) in [5.74, 6) is -0.799. The van der Waals surface area contributed by atoms with Crippen LogP contribution in [0.15, 0.2) is 12.3 Å². The van der Waals surface area contributed by atoms with E-state index in [1.807, 2.05) is 6.92 Å². The molecule has 6 nitrogen and oxygen atoms in total. The summed E-state index contributed by atoms with van der Waals surface area (Å²) in [4.78, 5) is 25.6. The quantitative estimate of drug-likeness (QED) is 0.906. The summed E-state index contributed by atoms with van der Waals surface area (Å²) < 4.78 is 1.55. The summed E-state index contributed by atoms with van der Waals surface area (Å²) in [6.45, 7) is 2.99. The van der Waals surface area contributed by atoms with Crippen LogP contribution < -0.4 is 0 Å². The molecule has 0 aliphatic carbocycles. The van der Waals surface area contributed by atoms with Gasteiger partial charge in [-0.15, -0.1) is 0 Å². The van der Waals surface area contributed by atoms with Crippen LogP contribution in [0.3, 0.4) is 0 Å². The first-order chi connectivity index (χ1) is 9.50. The van der Waals surface area contributed by atoms with E-state index in [4.69, 9.17) is 0 Å². The number of hydrogen-bond acceptors (Lipinski definition) is 3. The molecule has 0 unspecified atom stereocenters. The Morgan fingerprint density at radius 2 is 2.05 bits per heavy atom. The van der Waals surface area contributed by atoms with Crippen molar-refractivity contribution in [2.24, 2.45) is 12.5 Å². The molecule has 110 valence electrons. The third kappa shape index (κ3) is 2.55. The molecule has 1 aromatic rings. The molecule has 2 rings (SSSR count). The number of rotatable bonds is 4. The average molecular weight is 279 g/mol. The molecular formula is C14H21N3O3. The maximum atomic E-state index is 12.3. The highest BCUT2D eigenvalue weighted by Gasteiger charge is 2.41. The molecule has 0 saturated carbocycles. The fourth-order valence-electron chi connectivity index (χ4n) is 2.93. The number of likely N-dealkylation sites (tertiary alicyclic amines) is 1. The van der Waals surface area contributed by atoms with E-state index in [9.17, 15) is 14.7 Å². The Bertz CT molecular complexity index is 502. The van der Waals surface area contributed by atoms with E-state index >= 15 is 0 Å². The number of nitrogens with zero attached hydrogens (tertiary/aromatic N) is 3. The molecule has 6 heteroatoms. The fourth-order valence-corrected chi connectivity index (χ4v) is 2.93. The zero-order valence-corrected chi connectivity index (χ0v) is 12.0. The Morgan fingerprint density at radius 3 is 2.50 bits per heavy atom. The molecule has 0 aromatic carbocycles. The van der Waals surface area contributed by atoms with Crippen LogP contribution in [0.4, 0.5) is 0 Å². The second-order valence-electron chi connectivity index (χ2n) is 5.47. The lowest BCUT2D eigenvalue weighted by molar-refractivity contribution is -0.152. The second kappa shape index (κ2) is 5.64. The van der Waals surface area contributed by atoms with Gasteiger partial charge in [-0.1, -0.05) is 13.3 Å². The van der Waals surface area contributed by atoms with Gasteiger partial charge in [0.1, 0.15) is 5.69 Å². The number of hydrogen-bond donors (Lipinski definition) is 1. The smallest absolute Gasteiger partial charge is 0.309 e. The third-order valence-corrected chi connectivity index (χ3v) is 4.23. The molecule has 1 aliphatic rings.